The largest absolute Gasteiger partial charge is 0.390 e. The third kappa shape index (κ3) is 5.74. The van der Waals surface area contributed by atoms with Crippen LogP contribution in [-0.2, 0) is 0 Å². The van der Waals surface area contributed by atoms with Gasteiger partial charge >= 0.3 is 0 Å². The number of aliphatic hydroxyl groups is 1. The molecule has 0 amide bonds. The van der Waals surface area contributed by atoms with Gasteiger partial charge in [-0.25, -0.2) is 4.98 Å². The summed E-state index contributed by atoms with van der Waals surface area (Å²) in [6.07, 6.45) is 4.60. The number of rotatable bonds is 7. The van der Waals surface area contributed by atoms with E-state index < -0.39 is 5.60 Å². The Morgan fingerprint density at radius 2 is 2.05 bits per heavy atom. The zero-order valence-corrected chi connectivity index (χ0v) is 13.6. The molecular formula is C15H28N4O. The van der Waals surface area contributed by atoms with Gasteiger partial charge in [-0.15, -0.1) is 0 Å². The van der Waals surface area contributed by atoms with Crippen LogP contribution in [0.15, 0.2) is 6.20 Å². The number of hydrogen-bond acceptors (Lipinski definition) is 5. The summed E-state index contributed by atoms with van der Waals surface area (Å²) in [7, 11) is 3.96. The highest BCUT2D eigenvalue weighted by atomic mass is 16.3. The topological polar surface area (TPSA) is 61.3 Å². The van der Waals surface area contributed by atoms with Crippen LogP contribution >= 0.6 is 0 Å². The highest BCUT2D eigenvalue weighted by Crippen LogP contribution is 2.17. The van der Waals surface area contributed by atoms with E-state index in [9.17, 15) is 5.11 Å². The minimum absolute atomic E-state index is 0.287. The third-order valence-corrected chi connectivity index (χ3v) is 3.17. The molecule has 5 heteroatoms. The average Bonchev–Trinajstić information content (AvgIpc) is 2.29. The molecule has 0 aliphatic rings. The van der Waals surface area contributed by atoms with Crippen LogP contribution in [0.25, 0.3) is 0 Å². The van der Waals surface area contributed by atoms with Gasteiger partial charge in [-0.2, -0.15) is 4.98 Å². The fraction of sp³-hybridized carbons (Fsp3) is 0.733. The van der Waals surface area contributed by atoms with Gasteiger partial charge in [-0.3, -0.25) is 0 Å². The lowest BCUT2D eigenvalue weighted by atomic mass is 10.00. The molecule has 1 atom stereocenters. The van der Waals surface area contributed by atoms with Crippen molar-refractivity contribution in [3.8, 4) is 0 Å². The van der Waals surface area contributed by atoms with Gasteiger partial charge in [0.1, 0.15) is 5.82 Å². The molecule has 1 unspecified atom stereocenters. The van der Waals surface area contributed by atoms with Crippen LogP contribution in [0.4, 0.5) is 11.8 Å². The summed E-state index contributed by atoms with van der Waals surface area (Å²) in [4.78, 5) is 10.8. The van der Waals surface area contributed by atoms with Gasteiger partial charge in [0, 0.05) is 31.9 Å². The summed E-state index contributed by atoms with van der Waals surface area (Å²) in [5.41, 5.74) is 0.480. The first-order chi connectivity index (χ1) is 9.19. The van der Waals surface area contributed by atoms with Gasteiger partial charge in [0.25, 0.3) is 0 Å². The molecule has 0 bridgehead atoms. The summed E-state index contributed by atoms with van der Waals surface area (Å²) in [5.74, 6) is 1.60. The Labute approximate surface area is 122 Å². The normalized spacial score (nSPS) is 13.2. The zero-order chi connectivity index (χ0) is 15.3. The molecule has 1 rings (SSSR count). The minimum atomic E-state index is -0.585. The Hall–Kier alpha value is -1.36. The Morgan fingerprint density at radius 1 is 1.40 bits per heavy atom. The maximum atomic E-state index is 9.70. The SMILES string of the molecule is Cc1cnc(NC(C)CCCC(C)(C)O)nc1N(C)C. The lowest BCUT2D eigenvalue weighted by Gasteiger charge is -2.20. The molecule has 0 radical (unpaired) electrons. The van der Waals surface area contributed by atoms with E-state index >= 15 is 0 Å². The highest BCUT2D eigenvalue weighted by molar-refractivity contribution is 5.47. The van der Waals surface area contributed by atoms with E-state index in [4.69, 9.17) is 0 Å². The number of aryl methyl sites for hydroxylation is 1. The molecule has 0 aliphatic heterocycles. The van der Waals surface area contributed by atoms with Crippen molar-refractivity contribution in [2.45, 2.75) is 58.6 Å². The Bertz CT molecular complexity index is 426. The molecule has 1 aromatic rings. The molecule has 0 aliphatic carbocycles. The van der Waals surface area contributed by atoms with Crippen molar-refractivity contribution >= 4 is 11.8 Å². The van der Waals surface area contributed by atoms with Crippen LogP contribution in [0.3, 0.4) is 0 Å². The maximum absolute atomic E-state index is 9.70. The van der Waals surface area contributed by atoms with Crippen molar-refractivity contribution in [1.82, 2.24) is 9.97 Å². The van der Waals surface area contributed by atoms with E-state index in [1.807, 2.05) is 46.0 Å². The van der Waals surface area contributed by atoms with E-state index in [0.29, 0.717) is 5.95 Å². The van der Waals surface area contributed by atoms with Gasteiger partial charge in [0.2, 0.25) is 5.95 Å². The van der Waals surface area contributed by atoms with Crippen LogP contribution < -0.4 is 10.2 Å². The van der Waals surface area contributed by atoms with Crippen LogP contribution in [-0.4, -0.2) is 40.8 Å². The Kier molecular flexibility index (Phi) is 5.74. The second-order valence-corrected chi connectivity index (χ2v) is 6.34. The molecule has 0 aromatic carbocycles. The van der Waals surface area contributed by atoms with Gasteiger partial charge < -0.3 is 15.3 Å². The van der Waals surface area contributed by atoms with E-state index in [1.165, 1.54) is 0 Å². The zero-order valence-electron chi connectivity index (χ0n) is 13.6. The summed E-state index contributed by atoms with van der Waals surface area (Å²) in [6.45, 7) is 7.81. The lowest BCUT2D eigenvalue weighted by Crippen LogP contribution is -2.22. The standard InChI is InChI=1S/C15H28N4O/c1-11-10-16-14(18-13(11)19(5)6)17-12(2)8-7-9-15(3,4)20/h10,12,20H,7-9H2,1-6H3,(H,16,17,18). The average molecular weight is 280 g/mol. The molecule has 5 nitrogen and oxygen atoms in total. The predicted molar refractivity (Wildman–Crippen MR) is 84.3 cm³/mol. The fourth-order valence-corrected chi connectivity index (χ4v) is 2.09. The molecule has 114 valence electrons. The highest BCUT2D eigenvalue weighted by Gasteiger charge is 2.13. The number of anilines is 2. The van der Waals surface area contributed by atoms with Crippen molar-refractivity contribution in [2.24, 2.45) is 0 Å². The van der Waals surface area contributed by atoms with Crippen LogP contribution in [0, 0.1) is 6.92 Å². The van der Waals surface area contributed by atoms with Crippen molar-refractivity contribution in [1.29, 1.82) is 0 Å². The molecule has 1 heterocycles. The van der Waals surface area contributed by atoms with Gasteiger partial charge in [-0.05, 0) is 47.0 Å². The van der Waals surface area contributed by atoms with Crippen molar-refractivity contribution in [3.05, 3.63) is 11.8 Å². The van der Waals surface area contributed by atoms with Gasteiger partial charge in [0.05, 0.1) is 5.60 Å². The molecule has 2 N–H and O–H groups in total. The quantitative estimate of drug-likeness (QED) is 0.804. The summed E-state index contributed by atoms with van der Waals surface area (Å²) >= 11 is 0. The van der Waals surface area contributed by atoms with Crippen LogP contribution in [0.2, 0.25) is 0 Å². The first kappa shape index (κ1) is 16.7. The van der Waals surface area contributed by atoms with Gasteiger partial charge in [-0.1, -0.05) is 0 Å². The molecule has 0 spiro atoms. The first-order valence-electron chi connectivity index (χ1n) is 7.19. The molecule has 20 heavy (non-hydrogen) atoms. The summed E-state index contributed by atoms with van der Waals surface area (Å²) < 4.78 is 0. The Balaban J connectivity index is 2.54. The Morgan fingerprint density at radius 3 is 2.60 bits per heavy atom. The predicted octanol–water partition coefficient (Wildman–Crippen LogP) is 2.59. The van der Waals surface area contributed by atoms with Crippen molar-refractivity contribution < 1.29 is 5.11 Å². The monoisotopic (exact) mass is 280 g/mol. The second-order valence-electron chi connectivity index (χ2n) is 6.34. The van der Waals surface area contributed by atoms with Crippen molar-refractivity contribution in [3.63, 3.8) is 0 Å². The fourth-order valence-electron chi connectivity index (χ4n) is 2.09. The van der Waals surface area contributed by atoms with E-state index in [0.717, 1.165) is 30.6 Å². The molecule has 0 fully saturated rings. The van der Waals surface area contributed by atoms with Gasteiger partial charge in [0.15, 0.2) is 0 Å². The molecule has 1 aromatic heterocycles. The van der Waals surface area contributed by atoms with Crippen molar-refractivity contribution in [2.75, 3.05) is 24.3 Å². The van der Waals surface area contributed by atoms with Crippen LogP contribution in [0.1, 0.15) is 45.6 Å². The smallest absolute Gasteiger partial charge is 0.224 e. The third-order valence-electron chi connectivity index (χ3n) is 3.17. The minimum Gasteiger partial charge on any atom is -0.390 e. The van der Waals surface area contributed by atoms with E-state index in [-0.39, 0.29) is 6.04 Å². The number of hydrogen-bond donors (Lipinski definition) is 2. The molecule has 0 saturated carbocycles. The molecular weight excluding hydrogens is 252 g/mol. The maximum Gasteiger partial charge on any atom is 0.224 e. The first-order valence-corrected chi connectivity index (χ1v) is 7.19. The molecule has 0 saturated heterocycles. The van der Waals surface area contributed by atoms with E-state index in [1.54, 1.807) is 0 Å². The van der Waals surface area contributed by atoms with E-state index in [2.05, 4.69) is 22.2 Å². The summed E-state index contributed by atoms with van der Waals surface area (Å²) in [6, 6.07) is 0.287. The lowest BCUT2D eigenvalue weighted by molar-refractivity contribution is 0.0680. The second kappa shape index (κ2) is 6.88. The summed E-state index contributed by atoms with van der Waals surface area (Å²) in [5, 5.41) is 13.0. The number of nitrogens with one attached hydrogen (secondary N) is 1. The number of nitrogens with zero attached hydrogens (tertiary/aromatic N) is 3. The number of aromatic nitrogens is 2. The van der Waals surface area contributed by atoms with Crippen LogP contribution in [0.5, 0.6) is 0 Å².